The molecular weight excluding hydrogens is 422 g/mol. The number of aryl methyl sites for hydroxylation is 2. The van der Waals surface area contributed by atoms with Crippen LogP contribution in [0.1, 0.15) is 47.7 Å². The Bertz CT molecular complexity index is 985. The quantitative estimate of drug-likeness (QED) is 0.578. The van der Waals surface area contributed by atoms with Crippen LogP contribution in [0, 0.1) is 6.92 Å². The van der Waals surface area contributed by atoms with Gasteiger partial charge in [0.2, 0.25) is 5.91 Å². The lowest BCUT2D eigenvalue weighted by atomic mass is 9.93. The fourth-order valence-electron chi connectivity index (χ4n) is 4.63. The predicted molar refractivity (Wildman–Crippen MR) is 124 cm³/mol. The fraction of sp³-hybridized carbons (Fsp3) is 0.625. The number of amides is 2. The highest BCUT2D eigenvalue weighted by atomic mass is 16.5. The number of carbonyl (C=O) groups excluding carboxylic acids is 2. The van der Waals surface area contributed by atoms with Crippen LogP contribution in [0.5, 0.6) is 0 Å². The van der Waals surface area contributed by atoms with Crippen molar-refractivity contribution in [2.75, 3.05) is 52.5 Å². The van der Waals surface area contributed by atoms with E-state index in [1.165, 1.54) is 0 Å². The lowest BCUT2D eigenvalue weighted by Crippen LogP contribution is -2.40. The van der Waals surface area contributed by atoms with E-state index in [4.69, 9.17) is 14.3 Å². The van der Waals surface area contributed by atoms with Crippen LogP contribution in [-0.2, 0) is 28.9 Å². The number of rotatable bonds is 9. The fourth-order valence-corrected chi connectivity index (χ4v) is 4.63. The first-order valence-electron chi connectivity index (χ1n) is 12.1. The van der Waals surface area contributed by atoms with Crippen molar-refractivity contribution in [3.8, 4) is 11.3 Å². The molecule has 1 N–H and O–H groups in total. The highest BCUT2D eigenvalue weighted by Gasteiger charge is 2.32. The van der Waals surface area contributed by atoms with Crippen molar-refractivity contribution in [3.05, 3.63) is 28.8 Å². The zero-order valence-electron chi connectivity index (χ0n) is 20.0. The number of nitrogens with one attached hydrogen (secondary N) is 1. The van der Waals surface area contributed by atoms with Gasteiger partial charge in [0.15, 0.2) is 5.76 Å². The molecule has 1 aliphatic carbocycles. The van der Waals surface area contributed by atoms with Crippen LogP contribution < -0.4 is 5.32 Å². The van der Waals surface area contributed by atoms with Crippen molar-refractivity contribution in [2.24, 2.45) is 0 Å². The van der Waals surface area contributed by atoms with Crippen LogP contribution in [0.4, 0.5) is 0 Å². The molecule has 2 aliphatic rings. The normalized spacial score (nSPS) is 15.5. The number of hydrogen-bond acceptors (Lipinski definition) is 6. The summed E-state index contributed by atoms with van der Waals surface area (Å²) in [5.41, 5.74) is 3.65. The molecule has 0 saturated carbocycles. The van der Waals surface area contributed by atoms with Gasteiger partial charge in [0, 0.05) is 43.4 Å². The van der Waals surface area contributed by atoms with Crippen molar-refractivity contribution < 1.29 is 18.7 Å². The maximum Gasteiger partial charge on any atom is 0.290 e. The van der Waals surface area contributed by atoms with E-state index < -0.39 is 0 Å². The number of furan rings is 1. The SMILES string of the molecule is CCN(CC)CCCNC(=O)Cn1cc2c(n1)-c1c(oc(C(=O)N3CCOCC3)c1C)CC2. The Balaban J connectivity index is 1.41. The predicted octanol–water partition coefficient (Wildman–Crippen LogP) is 1.87. The lowest BCUT2D eigenvalue weighted by molar-refractivity contribution is -0.121. The van der Waals surface area contributed by atoms with E-state index in [9.17, 15) is 9.59 Å². The molecule has 0 aromatic carbocycles. The van der Waals surface area contributed by atoms with Gasteiger partial charge in [0.25, 0.3) is 5.91 Å². The molecule has 33 heavy (non-hydrogen) atoms. The molecule has 1 aliphatic heterocycles. The summed E-state index contributed by atoms with van der Waals surface area (Å²) in [4.78, 5) is 29.6. The smallest absolute Gasteiger partial charge is 0.290 e. The maximum absolute atomic E-state index is 13.0. The molecule has 0 radical (unpaired) electrons. The lowest BCUT2D eigenvalue weighted by Gasteiger charge is -2.26. The molecule has 3 heterocycles. The number of fused-ring (bicyclic) bond motifs is 3. The van der Waals surface area contributed by atoms with Gasteiger partial charge in [0.1, 0.15) is 12.3 Å². The van der Waals surface area contributed by atoms with E-state index in [1.807, 2.05) is 13.1 Å². The first kappa shape index (κ1) is 23.5. The Hall–Kier alpha value is -2.65. The van der Waals surface area contributed by atoms with Crippen LogP contribution in [0.15, 0.2) is 10.6 Å². The van der Waals surface area contributed by atoms with Gasteiger partial charge in [-0.3, -0.25) is 14.3 Å². The van der Waals surface area contributed by atoms with E-state index >= 15 is 0 Å². The molecule has 1 saturated heterocycles. The highest BCUT2D eigenvalue weighted by Crippen LogP contribution is 2.38. The van der Waals surface area contributed by atoms with Crippen LogP contribution in [0.2, 0.25) is 0 Å². The average molecular weight is 458 g/mol. The van der Waals surface area contributed by atoms with E-state index in [-0.39, 0.29) is 18.4 Å². The largest absolute Gasteiger partial charge is 0.455 e. The maximum atomic E-state index is 13.0. The van der Waals surface area contributed by atoms with E-state index in [0.29, 0.717) is 38.6 Å². The highest BCUT2D eigenvalue weighted by molar-refractivity contribution is 5.95. The number of nitrogens with zero attached hydrogens (tertiary/aromatic N) is 4. The Morgan fingerprint density at radius 3 is 2.67 bits per heavy atom. The van der Waals surface area contributed by atoms with Crippen LogP contribution in [0.25, 0.3) is 11.3 Å². The van der Waals surface area contributed by atoms with Gasteiger partial charge in [-0.2, -0.15) is 5.10 Å². The second kappa shape index (κ2) is 10.5. The van der Waals surface area contributed by atoms with Gasteiger partial charge in [-0.1, -0.05) is 13.8 Å². The minimum atomic E-state index is -0.0877. The van der Waals surface area contributed by atoms with Gasteiger partial charge in [-0.05, 0) is 45.0 Å². The summed E-state index contributed by atoms with van der Waals surface area (Å²) in [7, 11) is 0. The Morgan fingerprint density at radius 2 is 1.94 bits per heavy atom. The molecule has 2 aromatic heterocycles. The van der Waals surface area contributed by atoms with Crippen molar-refractivity contribution in [1.29, 1.82) is 0 Å². The molecule has 0 atom stereocenters. The summed E-state index contributed by atoms with van der Waals surface area (Å²) in [5, 5.41) is 7.70. The minimum Gasteiger partial charge on any atom is -0.455 e. The van der Waals surface area contributed by atoms with Gasteiger partial charge in [-0.25, -0.2) is 0 Å². The summed E-state index contributed by atoms with van der Waals surface area (Å²) in [5.74, 6) is 1.08. The van der Waals surface area contributed by atoms with Crippen molar-refractivity contribution in [2.45, 2.75) is 46.6 Å². The molecule has 0 unspecified atom stereocenters. The number of hydrogen-bond donors (Lipinski definition) is 1. The molecule has 2 amide bonds. The summed E-state index contributed by atoms with van der Waals surface area (Å²) >= 11 is 0. The van der Waals surface area contributed by atoms with Crippen molar-refractivity contribution in [3.63, 3.8) is 0 Å². The summed E-state index contributed by atoms with van der Waals surface area (Å²) < 4.78 is 13.1. The average Bonchev–Trinajstić information content (AvgIpc) is 3.39. The van der Waals surface area contributed by atoms with E-state index in [1.54, 1.807) is 9.58 Å². The third kappa shape index (κ3) is 5.14. The summed E-state index contributed by atoms with van der Waals surface area (Å²) in [6.07, 6.45) is 4.39. The van der Waals surface area contributed by atoms with Crippen LogP contribution in [0.3, 0.4) is 0 Å². The molecule has 1 fully saturated rings. The second-order valence-corrected chi connectivity index (χ2v) is 8.69. The van der Waals surface area contributed by atoms with Crippen LogP contribution >= 0.6 is 0 Å². The number of ether oxygens (including phenoxy) is 1. The van der Waals surface area contributed by atoms with Gasteiger partial charge < -0.3 is 24.3 Å². The van der Waals surface area contributed by atoms with Gasteiger partial charge in [0.05, 0.1) is 18.9 Å². The Morgan fingerprint density at radius 1 is 1.18 bits per heavy atom. The molecule has 0 bridgehead atoms. The van der Waals surface area contributed by atoms with E-state index in [0.717, 1.165) is 67.0 Å². The molecule has 9 nitrogen and oxygen atoms in total. The molecule has 2 aromatic rings. The van der Waals surface area contributed by atoms with Crippen molar-refractivity contribution in [1.82, 2.24) is 24.9 Å². The van der Waals surface area contributed by atoms with E-state index in [2.05, 4.69) is 24.1 Å². The molecule has 0 spiro atoms. The van der Waals surface area contributed by atoms with Crippen molar-refractivity contribution >= 4 is 11.8 Å². The Kier molecular flexibility index (Phi) is 7.49. The number of aromatic nitrogens is 2. The molecule has 9 heteroatoms. The molecule has 4 rings (SSSR count). The standard InChI is InChI=1S/C24H35N5O4/c1-4-27(5-2)10-6-9-25-20(30)16-29-15-18-7-8-19-21(22(18)26-29)17(3)23(33-19)24(31)28-11-13-32-14-12-28/h15H,4-14,16H2,1-3H3,(H,25,30). The third-order valence-electron chi connectivity index (χ3n) is 6.58. The molecule has 180 valence electrons. The van der Waals surface area contributed by atoms with Crippen LogP contribution in [-0.4, -0.2) is 83.9 Å². The number of carbonyl (C=O) groups is 2. The second-order valence-electron chi connectivity index (χ2n) is 8.69. The minimum absolute atomic E-state index is 0.0401. The topological polar surface area (TPSA) is 92.8 Å². The summed E-state index contributed by atoms with van der Waals surface area (Å²) in [6.45, 7) is 12.4. The number of morpholine rings is 1. The first-order chi connectivity index (χ1) is 16.0. The zero-order valence-corrected chi connectivity index (χ0v) is 20.0. The molecular formula is C24H35N5O4. The first-order valence-corrected chi connectivity index (χ1v) is 12.1. The third-order valence-corrected chi connectivity index (χ3v) is 6.58. The van der Waals surface area contributed by atoms with Gasteiger partial charge >= 0.3 is 0 Å². The summed E-state index contributed by atoms with van der Waals surface area (Å²) in [6, 6.07) is 0. The Labute approximate surface area is 195 Å². The zero-order chi connectivity index (χ0) is 23.4. The van der Waals surface area contributed by atoms with Gasteiger partial charge in [-0.15, -0.1) is 0 Å². The monoisotopic (exact) mass is 457 g/mol.